The lowest BCUT2D eigenvalue weighted by molar-refractivity contribution is -0.123. The largest absolute Gasteiger partial charge is 0.486 e. The first-order valence-electron chi connectivity index (χ1n) is 6.57. The third kappa shape index (κ3) is 3.17. The molecule has 0 bridgehead atoms. The number of amides is 1. The smallest absolute Gasteiger partial charge is 0.237 e. The molecule has 5 nitrogen and oxygen atoms in total. The summed E-state index contributed by atoms with van der Waals surface area (Å²) in [5.74, 6) is 1.34. The Kier molecular flexibility index (Phi) is 4.27. The van der Waals surface area contributed by atoms with Gasteiger partial charge in [-0.25, -0.2) is 0 Å². The van der Waals surface area contributed by atoms with E-state index < -0.39 is 6.04 Å². The van der Waals surface area contributed by atoms with Gasteiger partial charge < -0.3 is 20.5 Å². The Labute approximate surface area is 113 Å². The van der Waals surface area contributed by atoms with Crippen LogP contribution in [0.1, 0.15) is 31.9 Å². The number of nitrogens with one attached hydrogen (secondary N) is 1. The molecular formula is C14H20N2O3. The van der Waals surface area contributed by atoms with Crippen LogP contribution in [0.25, 0.3) is 0 Å². The summed E-state index contributed by atoms with van der Waals surface area (Å²) < 4.78 is 11.0. The fourth-order valence-corrected chi connectivity index (χ4v) is 1.92. The van der Waals surface area contributed by atoms with Crippen molar-refractivity contribution in [2.24, 2.45) is 5.73 Å². The summed E-state index contributed by atoms with van der Waals surface area (Å²) in [6.45, 7) is 4.94. The second kappa shape index (κ2) is 5.93. The lowest BCUT2D eigenvalue weighted by Crippen LogP contribution is -2.41. The topological polar surface area (TPSA) is 73.6 Å². The van der Waals surface area contributed by atoms with Crippen LogP contribution >= 0.6 is 0 Å². The van der Waals surface area contributed by atoms with Crippen molar-refractivity contribution in [2.75, 3.05) is 13.2 Å². The third-order valence-corrected chi connectivity index (χ3v) is 3.20. The van der Waals surface area contributed by atoms with E-state index in [1.807, 2.05) is 32.0 Å². The summed E-state index contributed by atoms with van der Waals surface area (Å²) in [6, 6.07) is 5.12. The highest BCUT2D eigenvalue weighted by molar-refractivity contribution is 5.81. The van der Waals surface area contributed by atoms with E-state index in [-0.39, 0.29) is 11.9 Å². The first-order valence-corrected chi connectivity index (χ1v) is 6.57. The van der Waals surface area contributed by atoms with E-state index in [2.05, 4.69) is 5.32 Å². The molecule has 0 saturated carbocycles. The van der Waals surface area contributed by atoms with E-state index in [9.17, 15) is 4.79 Å². The molecule has 3 N–H and O–H groups in total. The molecule has 5 heteroatoms. The molecule has 1 amide bonds. The van der Waals surface area contributed by atoms with E-state index in [1.165, 1.54) is 0 Å². The van der Waals surface area contributed by atoms with Crippen LogP contribution in [0.5, 0.6) is 11.5 Å². The normalized spacial score (nSPS) is 16.6. The number of rotatable bonds is 4. The Hall–Kier alpha value is -1.75. The fraction of sp³-hybridized carbons (Fsp3) is 0.500. The van der Waals surface area contributed by atoms with Gasteiger partial charge in [-0.05, 0) is 31.0 Å². The monoisotopic (exact) mass is 264 g/mol. The molecule has 1 aliphatic rings. The molecule has 0 spiro atoms. The lowest BCUT2D eigenvalue weighted by Gasteiger charge is -2.21. The van der Waals surface area contributed by atoms with Crippen molar-refractivity contribution in [1.82, 2.24) is 5.32 Å². The average molecular weight is 264 g/mol. The van der Waals surface area contributed by atoms with Gasteiger partial charge in [0.1, 0.15) is 13.2 Å². The molecule has 104 valence electrons. The molecule has 19 heavy (non-hydrogen) atoms. The van der Waals surface area contributed by atoms with Gasteiger partial charge in [-0.15, -0.1) is 0 Å². The second-order valence-electron chi connectivity index (χ2n) is 4.65. The molecule has 1 aromatic carbocycles. The summed E-state index contributed by atoms with van der Waals surface area (Å²) in [6.07, 6.45) is 0.625. The molecule has 0 fully saturated rings. The van der Waals surface area contributed by atoms with Crippen LogP contribution in [-0.2, 0) is 4.79 Å². The summed E-state index contributed by atoms with van der Waals surface area (Å²) in [7, 11) is 0. The molecule has 0 aliphatic carbocycles. The SMILES string of the molecule is CC[C@H](N)C(=O)NC(C)c1ccc2c(c1)OCCO2. The Morgan fingerprint density at radius 3 is 2.74 bits per heavy atom. The highest BCUT2D eigenvalue weighted by Gasteiger charge is 2.17. The molecule has 1 aromatic rings. The molecule has 1 heterocycles. The fourth-order valence-electron chi connectivity index (χ4n) is 1.92. The van der Waals surface area contributed by atoms with Gasteiger partial charge in [0.05, 0.1) is 12.1 Å². The van der Waals surface area contributed by atoms with E-state index in [0.29, 0.717) is 19.6 Å². The van der Waals surface area contributed by atoms with Gasteiger partial charge >= 0.3 is 0 Å². The van der Waals surface area contributed by atoms with Crippen molar-refractivity contribution in [2.45, 2.75) is 32.4 Å². The van der Waals surface area contributed by atoms with Crippen LogP contribution in [0.3, 0.4) is 0 Å². The van der Waals surface area contributed by atoms with Gasteiger partial charge in [0.2, 0.25) is 5.91 Å². The molecule has 1 aliphatic heterocycles. The number of carbonyl (C=O) groups excluding carboxylic acids is 1. The van der Waals surface area contributed by atoms with Crippen molar-refractivity contribution in [3.8, 4) is 11.5 Å². The zero-order valence-electron chi connectivity index (χ0n) is 11.3. The van der Waals surface area contributed by atoms with Crippen LogP contribution in [0.15, 0.2) is 18.2 Å². The zero-order chi connectivity index (χ0) is 13.8. The van der Waals surface area contributed by atoms with Crippen LogP contribution in [-0.4, -0.2) is 25.2 Å². The maximum atomic E-state index is 11.8. The molecule has 2 rings (SSSR count). The van der Waals surface area contributed by atoms with Crippen molar-refractivity contribution >= 4 is 5.91 Å². The number of nitrogens with two attached hydrogens (primary N) is 1. The lowest BCUT2D eigenvalue weighted by atomic mass is 10.1. The number of hydrogen-bond donors (Lipinski definition) is 2. The first-order chi connectivity index (χ1) is 9.11. The molecule has 2 atom stereocenters. The number of fused-ring (bicyclic) bond motifs is 1. The van der Waals surface area contributed by atoms with Crippen LogP contribution < -0.4 is 20.5 Å². The minimum Gasteiger partial charge on any atom is -0.486 e. The average Bonchev–Trinajstić information content (AvgIpc) is 2.45. The van der Waals surface area contributed by atoms with Gasteiger partial charge in [-0.3, -0.25) is 4.79 Å². The Morgan fingerprint density at radius 2 is 2.05 bits per heavy atom. The van der Waals surface area contributed by atoms with E-state index in [4.69, 9.17) is 15.2 Å². The number of carbonyl (C=O) groups is 1. The maximum absolute atomic E-state index is 11.8. The summed E-state index contributed by atoms with van der Waals surface area (Å²) >= 11 is 0. The predicted molar refractivity (Wildman–Crippen MR) is 72.3 cm³/mol. The van der Waals surface area contributed by atoms with Gasteiger partial charge in [-0.1, -0.05) is 13.0 Å². The predicted octanol–water partition coefficient (Wildman–Crippen LogP) is 1.37. The van der Waals surface area contributed by atoms with Gasteiger partial charge in [0.25, 0.3) is 0 Å². The minimum absolute atomic E-state index is 0.110. The maximum Gasteiger partial charge on any atom is 0.237 e. The molecule has 0 aromatic heterocycles. The Bertz CT molecular complexity index is 462. The standard InChI is InChI=1S/C14H20N2O3/c1-3-11(15)14(17)16-9(2)10-4-5-12-13(8-10)19-7-6-18-12/h4-5,8-9,11H,3,6-7,15H2,1-2H3,(H,16,17)/t9?,11-/m0/s1. The Morgan fingerprint density at radius 1 is 1.37 bits per heavy atom. The number of ether oxygens (including phenoxy) is 2. The van der Waals surface area contributed by atoms with Crippen LogP contribution in [0, 0.1) is 0 Å². The van der Waals surface area contributed by atoms with Crippen LogP contribution in [0.4, 0.5) is 0 Å². The molecular weight excluding hydrogens is 244 g/mol. The second-order valence-corrected chi connectivity index (χ2v) is 4.65. The molecule has 1 unspecified atom stereocenters. The highest BCUT2D eigenvalue weighted by Crippen LogP contribution is 2.32. The van der Waals surface area contributed by atoms with Crippen molar-refractivity contribution in [3.05, 3.63) is 23.8 Å². The summed E-state index contributed by atoms with van der Waals surface area (Å²) in [5, 5.41) is 2.89. The van der Waals surface area contributed by atoms with Crippen molar-refractivity contribution in [3.63, 3.8) is 0 Å². The van der Waals surface area contributed by atoms with E-state index >= 15 is 0 Å². The third-order valence-electron chi connectivity index (χ3n) is 3.20. The summed E-state index contributed by atoms with van der Waals surface area (Å²) in [5.41, 5.74) is 6.67. The highest BCUT2D eigenvalue weighted by atomic mass is 16.6. The molecule has 0 radical (unpaired) electrons. The zero-order valence-corrected chi connectivity index (χ0v) is 11.3. The summed E-state index contributed by atoms with van der Waals surface area (Å²) in [4.78, 5) is 11.8. The van der Waals surface area contributed by atoms with Crippen molar-refractivity contribution in [1.29, 1.82) is 0 Å². The van der Waals surface area contributed by atoms with Crippen LogP contribution in [0.2, 0.25) is 0 Å². The number of hydrogen-bond acceptors (Lipinski definition) is 4. The van der Waals surface area contributed by atoms with Gasteiger partial charge in [0.15, 0.2) is 11.5 Å². The minimum atomic E-state index is -0.459. The number of benzene rings is 1. The molecule has 0 saturated heterocycles. The Balaban J connectivity index is 2.07. The van der Waals surface area contributed by atoms with Gasteiger partial charge in [-0.2, -0.15) is 0 Å². The van der Waals surface area contributed by atoms with E-state index in [1.54, 1.807) is 0 Å². The van der Waals surface area contributed by atoms with Gasteiger partial charge in [0, 0.05) is 0 Å². The van der Waals surface area contributed by atoms with E-state index in [0.717, 1.165) is 17.1 Å². The van der Waals surface area contributed by atoms with Crippen molar-refractivity contribution < 1.29 is 14.3 Å². The first kappa shape index (κ1) is 13.7. The quantitative estimate of drug-likeness (QED) is 0.861.